The molecular formula is C24H26FN3O3S. The molecule has 3 aromatic rings. The molecular weight excluding hydrogens is 429 g/mol. The van der Waals surface area contributed by atoms with E-state index in [0.29, 0.717) is 18.0 Å². The molecule has 0 bridgehead atoms. The zero-order valence-electron chi connectivity index (χ0n) is 17.9. The molecule has 0 amide bonds. The quantitative estimate of drug-likeness (QED) is 0.598. The van der Waals surface area contributed by atoms with E-state index < -0.39 is 10.2 Å². The van der Waals surface area contributed by atoms with Gasteiger partial charge in [0, 0.05) is 23.7 Å². The second-order valence-electron chi connectivity index (χ2n) is 8.72. The SMILES string of the molecule is COc1ccc(NS(=O)(=O)N2CCC23CCC(c2ccnc4ccc(F)cc24)CC3)cc1. The molecule has 1 saturated heterocycles. The Morgan fingerprint density at radius 3 is 2.50 bits per heavy atom. The van der Waals surface area contributed by atoms with Crippen molar-refractivity contribution in [3.05, 3.63) is 66.1 Å². The van der Waals surface area contributed by atoms with E-state index in [1.165, 1.54) is 6.07 Å². The zero-order chi connectivity index (χ0) is 22.3. The monoisotopic (exact) mass is 455 g/mol. The topological polar surface area (TPSA) is 71.5 Å². The van der Waals surface area contributed by atoms with Crippen LogP contribution in [0.1, 0.15) is 43.6 Å². The van der Waals surface area contributed by atoms with E-state index in [0.717, 1.165) is 48.6 Å². The Kier molecular flexibility index (Phi) is 5.29. The Balaban J connectivity index is 1.31. The van der Waals surface area contributed by atoms with Crippen LogP contribution in [0.25, 0.3) is 10.9 Å². The molecule has 1 saturated carbocycles. The highest BCUT2D eigenvalue weighted by Gasteiger charge is 2.52. The van der Waals surface area contributed by atoms with Crippen molar-refractivity contribution >= 4 is 26.8 Å². The molecule has 1 aliphatic carbocycles. The lowest BCUT2D eigenvalue weighted by Gasteiger charge is -2.54. The predicted molar refractivity (Wildman–Crippen MR) is 123 cm³/mol. The third kappa shape index (κ3) is 3.71. The number of methoxy groups -OCH3 is 1. The number of nitrogens with one attached hydrogen (secondary N) is 1. The maximum atomic E-state index is 13.9. The fourth-order valence-electron chi connectivity index (χ4n) is 5.22. The van der Waals surface area contributed by atoms with Gasteiger partial charge in [-0.1, -0.05) is 0 Å². The van der Waals surface area contributed by atoms with Crippen LogP contribution in [0.3, 0.4) is 0 Å². The van der Waals surface area contributed by atoms with Crippen molar-refractivity contribution in [3.8, 4) is 5.75 Å². The van der Waals surface area contributed by atoms with Gasteiger partial charge in [0.2, 0.25) is 0 Å². The molecule has 0 unspecified atom stereocenters. The van der Waals surface area contributed by atoms with Crippen LogP contribution < -0.4 is 9.46 Å². The molecule has 6 nitrogen and oxygen atoms in total. The number of ether oxygens (including phenoxy) is 1. The minimum Gasteiger partial charge on any atom is -0.497 e. The van der Waals surface area contributed by atoms with Crippen LogP contribution in [0.2, 0.25) is 0 Å². The molecule has 8 heteroatoms. The van der Waals surface area contributed by atoms with E-state index in [1.54, 1.807) is 54.0 Å². The first-order valence-electron chi connectivity index (χ1n) is 10.9. The number of pyridine rings is 1. The zero-order valence-corrected chi connectivity index (χ0v) is 18.7. The highest BCUT2D eigenvalue weighted by molar-refractivity contribution is 7.90. The van der Waals surface area contributed by atoms with Crippen molar-refractivity contribution in [3.63, 3.8) is 0 Å². The van der Waals surface area contributed by atoms with Gasteiger partial charge in [-0.25, -0.2) is 4.39 Å². The summed E-state index contributed by atoms with van der Waals surface area (Å²) in [6, 6.07) is 13.5. The molecule has 1 spiro atoms. The third-order valence-corrected chi connectivity index (χ3v) is 8.67. The molecule has 1 aliphatic heterocycles. The number of halogens is 1. The lowest BCUT2D eigenvalue weighted by molar-refractivity contribution is 0.0286. The lowest BCUT2D eigenvalue weighted by Crippen LogP contribution is -2.64. The van der Waals surface area contributed by atoms with Gasteiger partial charge in [-0.3, -0.25) is 9.71 Å². The largest absolute Gasteiger partial charge is 0.497 e. The van der Waals surface area contributed by atoms with Gasteiger partial charge in [0.25, 0.3) is 0 Å². The number of rotatable bonds is 5. The van der Waals surface area contributed by atoms with Crippen molar-refractivity contribution in [2.75, 3.05) is 18.4 Å². The first-order valence-corrected chi connectivity index (χ1v) is 12.3. The van der Waals surface area contributed by atoms with Gasteiger partial charge in [0.15, 0.2) is 0 Å². The average molecular weight is 456 g/mol. The van der Waals surface area contributed by atoms with Crippen LogP contribution in [0, 0.1) is 5.82 Å². The molecule has 2 heterocycles. The molecule has 2 aliphatic rings. The smallest absolute Gasteiger partial charge is 0.302 e. The molecule has 0 atom stereocenters. The fourth-order valence-corrected chi connectivity index (χ4v) is 6.88. The van der Waals surface area contributed by atoms with Gasteiger partial charge in [0.05, 0.1) is 18.3 Å². The Morgan fingerprint density at radius 1 is 1.09 bits per heavy atom. The van der Waals surface area contributed by atoms with Crippen LogP contribution in [0.4, 0.5) is 10.1 Å². The summed E-state index contributed by atoms with van der Waals surface area (Å²) >= 11 is 0. The number of hydrogen-bond acceptors (Lipinski definition) is 4. The lowest BCUT2D eigenvalue weighted by atomic mass is 9.69. The molecule has 2 fully saturated rings. The van der Waals surface area contributed by atoms with Crippen LogP contribution in [-0.4, -0.2) is 36.9 Å². The van der Waals surface area contributed by atoms with Gasteiger partial charge < -0.3 is 4.74 Å². The Labute approximate surface area is 187 Å². The van der Waals surface area contributed by atoms with Crippen LogP contribution in [-0.2, 0) is 10.2 Å². The maximum Gasteiger partial charge on any atom is 0.302 e. The fraction of sp³-hybridized carbons (Fsp3) is 0.375. The first kappa shape index (κ1) is 21.2. The van der Waals surface area contributed by atoms with Crippen molar-refractivity contribution in [2.45, 2.75) is 43.6 Å². The summed E-state index contributed by atoms with van der Waals surface area (Å²) in [5.41, 5.74) is 2.09. The first-order chi connectivity index (χ1) is 15.4. The summed E-state index contributed by atoms with van der Waals surface area (Å²) in [5, 5.41) is 0.854. The summed E-state index contributed by atoms with van der Waals surface area (Å²) in [7, 11) is -2.07. The Morgan fingerprint density at radius 2 is 1.84 bits per heavy atom. The average Bonchev–Trinajstić information content (AvgIpc) is 2.78. The Hall–Kier alpha value is -2.71. The highest BCUT2D eigenvalue weighted by Crippen LogP contribution is 2.49. The predicted octanol–water partition coefficient (Wildman–Crippen LogP) is 4.84. The van der Waals surface area contributed by atoms with Gasteiger partial charge in [0.1, 0.15) is 11.6 Å². The van der Waals surface area contributed by atoms with Gasteiger partial charge in [-0.15, -0.1) is 0 Å². The summed E-state index contributed by atoms with van der Waals surface area (Å²) in [4.78, 5) is 4.36. The number of hydrogen-bond donors (Lipinski definition) is 1. The Bertz CT molecular complexity index is 1240. The van der Waals surface area contributed by atoms with Crippen molar-refractivity contribution in [1.82, 2.24) is 9.29 Å². The van der Waals surface area contributed by atoms with Gasteiger partial charge in [-0.05, 0) is 92.1 Å². The van der Waals surface area contributed by atoms with E-state index in [9.17, 15) is 12.8 Å². The molecule has 1 N–H and O–H groups in total. The molecule has 5 rings (SSSR count). The summed E-state index contributed by atoms with van der Waals surface area (Å²) < 4.78 is 49.5. The maximum absolute atomic E-state index is 13.9. The van der Waals surface area contributed by atoms with E-state index in [-0.39, 0.29) is 17.3 Å². The molecule has 2 aromatic carbocycles. The highest BCUT2D eigenvalue weighted by atomic mass is 32.2. The van der Waals surface area contributed by atoms with Crippen molar-refractivity contribution < 1.29 is 17.5 Å². The van der Waals surface area contributed by atoms with Crippen molar-refractivity contribution in [2.24, 2.45) is 0 Å². The third-order valence-electron chi connectivity index (χ3n) is 7.03. The van der Waals surface area contributed by atoms with Crippen LogP contribution in [0.15, 0.2) is 54.7 Å². The second-order valence-corrected chi connectivity index (χ2v) is 10.3. The van der Waals surface area contributed by atoms with E-state index >= 15 is 0 Å². The number of fused-ring (bicyclic) bond motifs is 1. The number of anilines is 1. The number of nitrogens with zero attached hydrogens (tertiary/aromatic N) is 2. The minimum atomic E-state index is -3.64. The standard InChI is InChI=1S/C24H26FN3O3S/c1-31-20-5-3-19(4-6-20)27-32(29,30)28-15-13-24(28)11-8-17(9-12-24)21-10-14-26-23-7-2-18(25)16-22(21)23/h2-7,10,14,16-17,27H,8-9,11-13,15H2,1H3. The molecule has 0 radical (unpaired) electrons. The summed E-state index contributed by atoms with van der Waals surface area (Å²) in [5.74, 6) is 0.683. The van der Waals surface area contributed by atoms with Crippen LogP contribution >= 0.6 is 0 Å². The normalized spacial score (nSPS) is 23.8. The number of aromatic nitrogens is 1. The van der Waals surface area contributed by atoms with Gasteiger partial charge >= 0.3 is 10.2 Å². The summed E-state index contributed by atoms with van der Waals surface area (Å²) in [6.07, 6.45) is 5.96. The van der Waals surface area contributed by atoms with Crippen LogP contribution in [0.5, 0.6) is 5.75 Å². The van der Waals surface area contributed by atoms with Gasteiger partial charge in [-0.2, -0.15) is 12.7 Å². The van der Waals surface area contributed by atoms with Crippen molar-refractivity contribution in [1.29, 1.82) is 0 Å². The number of benzene rings is 2. The van der Waals surface area contributed by atoms with E-state index in [2.05, 4.69) is 9.71 Å². The molecule has 168 valence electrons. The molecule has 32 heavy (non-hydrogen) atoms. The van der Waals surface area contributed by atoms with E-state index in [1.807, 2.05) is 6.07 Å². The van der Waals surface area contributed by atoms with E-state index in [4.69, 9.17) is 4.74 Å². The summed E-state index contributed by atoms with van der Waals surface area (Å²) in [6.45, 7) is 0.527. The minimum absolute atomic E-state index is 0.264. The molecule has 1 aromatic heterocycles. The second kappa shape index (κ2) is 8.01.